The molecular weight excluding hydrogens is 881 g/mol. The highest BCUT2D eigenvalue weighted by atomic mass is 16.8. The molecule has 3 aliphatic heterocycles. The van der Waals surface area contributed by atoms with Crippen LogP contribution >= 0.6 is 0 Å². The van der Waals surface area contributed by atoms with Gasteiger partial charge in [-0.3, -0.25) is 0 Å². The minimum Gasteiger partial charge on any atom is -0.396 e. The maximum Gasteiger partial charge on any atom is 0.187 e. The van der Waals surface area contributed by atoms with Crippen LogP contribution in [0.25, 0.3) is 0 Å². The second-order valence-electron chi connectivity index (χ2n) is 23.6. The Morgan fingerprint density at radius 3 is 1.73 bits per heavy atom. The summed E-state index contributed by atoms with van der Waals surface area (Å²) in [6.07, 6.45) is -20.1. The molecule has 386 valence electrons. The van der Waals surface area contributed by atoms with E-state index in [2.05, 4.69) is 34.6 Å². The lowest BCUT2D eigenvalue weighted by atomic mass is 9.33. The molecule has 4 saturated carbocycles. The van der Waals surface area contributed by atoms with Crippen molar-refractivity contribution in [2.75, 3.05) is 26.4 Å². The van der Waals surface area contributed by atoms with Crippen molar-refractivity contribution in [3.63, 3.8) is 0 Å². The zero-order valence-corrected chi connectivity index (χ0v) is 40.0. The van der Waals surface area contributed by atoms with Gasteiger partial charge in [0.15, 0.2) is 18.9 Å². The normalized spacial score (nSPS) is 56.5. The van der Waals surface area contributed by atoms with Crippen LogP contribution in [0.5, 0.6) is 0 Å². The summed E-state index contributed by atoms with van der Waals surface area (Å²) in [5.41, 5.74) is -2.16. The van der Waals surface area contributed by atoms with Gasteiger partial charge in [-0.15, -0.1) is 0 Å². The molecule has 19 heteroatoms. The number of aliphatic hydroxyl groups excluding tert-OH is 13. The molecule has 0 radical (unpaired) electrons. The highest BCUT2D eigenvalue weighted by Gasteiger charge is 2.72. The van der Waals surface area contributed by atoms with Crippen LogP contribution in [-0.2, 0) is 28.4 Å². The third-order valence-corrected chi connectivity index (χ3v) is 19.5. The molecule has 0 spiro atoms. The lowest BCUT2D eigenvalue weighted by Crippen LogP contribution is -2.70. The Bertz CT molecular complexity index is 1790. The topological polar surface area (TPSA) is 318 Å². The summed E-state index contributed by atoms with van der Waals surface area (Å²) in [5, 5.41) is 143. The third kappa shape index (κ3) is 8.05. The van der Waals surface area contributed by atoms with Gasteiger partial charge >= 0.3 is 0 Å². The van der Waals surface area contributed by atoms with E-state index in [0.29, 0.717) is 38.5 Å². The van der Waals surface area contributed by atoms with Crippen molar-refractivity contribution in [1.29, 1.82) is 0 Å². The zero-order chi connectivity index (χ0) is 49.1. The van der Waals surface area contributed by atoms with E-state index in [9.17, 15) is 66.4 Å². The zero-order valence-electron chi connectivity index (χ0n) is 40.0. The SMILES string of the molecule is CC1OC(OC2CCC3(C)C(CCC4(C)C3C(O)C=C3C5CC(C)(C)CCC5(CO)C(O)CC34C)C2(C)CO)C(OC2OC(CO)C(O)C(O)C2O)C(OC2OC(CO)C(O)C(O)C2O)C1O. The average molecular weight is 961 g/mol. The summed E-state index contributed by atoms with van der Waals surface area (Å²) in [6, 6.07) is 0. The summed E-state index contributed by atoms with van der Waals surface area (Å²) < 4.78 is 37.1. The summed E-state index contributed by atoms with van der Waals surface area (Å²) >= 11 is 0. The Hall–Kier alpha value is -1.02. The van der Waals surface area contributed by atoms with Crippen LogP contribution in [0.4, 0.5) is 0 Å². The van der Waals surface area contributed by atoms with E-state index in [1.165, 1.54) is 6.92 Å². The molecule has 7 fully saturated rings. The van der Waals surface area contributed by atoms with Crippen LogP contribution in [0.15, 0.2) is 11.6 Å². The minimum absolute atomic E-state index is 0.0152. The van der Waals surface area contributed by atoms with Gasteiger partial charge in [-0.05, 0) is 91.8 Å². The minimum atomic E-state index is -1.91. The van der Waals surface area contributed by atoms with Crippen LogP contribution in [0.2, 0.25) is 0 Å². The highest BCUT2D eigenvalue weighted by molar-refractivity contribution is 5.37. The standard InChI is InChI=1S/C48H80O19/c1-21-30(55)37(66-40-35(60)33(58)31(56)25(17-49)63-40)38(67-41-36(61)34(59)32(57)26(18-50)64-41)42(62-21)65-29-9-10-44(4)27(45(29,5)19-51)8-11-46(6)39(44)24(53)14-22-23-15-43(2,3)12-13-48(23,20-52)28(54)16-47(22,46)7/h14,21,23-42,49-61H,8-13,15-20H2,1-7H3. The van der Waals surface area contributed by atoms with Gasteiger partial charge in [-0.1, -0.05) is 53.2 Å². The van der Waals surface area contributed by atoms with Gasteiger partial charge in [0.2, 0.25) is 0 Å². The quantitative estimate of drug-likeness (QED) is 0.0881. The lowest BCUT2D eigenvalue weighted by molar-refractivity contribution is -0.398. The number of rotatable bonds is 10. The van der Waals surface area contributed by atoms with Crippen LogP contribution in [-0.4, -0.2) is 203 Å². The molecule has 0 aromatic carbocycles. The Kier molecular flexibility index (Phi) is 14.4. The second kappa shape index (κ2) is 18.5. The Morgan fingerprint density at radius 1 is 0.597 bits per heavy atom. The molecule has 0 aromatic rings. The van der Waals surface area contributed by atoms with Crippen molar-refractivity contribution < 1.29 is 94.8 Å². The first-order valence-corrected chi connectivity index (χ1v) is 24.5. The first-order chi connectivity index (χ1) is 31.3. The molecule has 8 aliphatic rings. The molecular formula is C48H80O19. The van der Waals surface area contributed by atoms with Crippen molar-refractivity contribution >= 4 is 0 Å². The molecule has 13 N–H and O–H groups in total. The molecule has 0 bridgehead atoms. The molecule has 67 heavy (non-hydrogen) atoms. The Labute approximate surface area is 392 Å². The van der Waals surface area contributed by atoms with E-state index in [-0.39, 0.29) is 36.4 Å². The summed E-state index contributed by atoms with van der Waals surface area (Å²) in [7, 11) is 0. The van der Waals surface area contributed by atoms with Crippen molar-refractivity contribution in [3.8, 4) is 0 Å². The summed E-state index contributed by atoms with van der Waals surface area (Å²) in [5.74, 6) is -0.654. The average Bonchev–Trinajstić information content (AvgIpc) is 3.28. The van der Waals surface area contributed by atoms with Crippen molar-refractivity contribution in [3.05, 3.63) is 11.6 Å². The fraction of sp³-hybridized carbons (Fsp3) is 0.958. The van der Waals surface area contributed by atoms with E-state index in [1.54, 1.807) is 0 Å². The first kappa shape index (κ1) is 52.3. The summed E-state index contributed by atoms with van der Waals surface area (Å²) in [4.78, 5) is 0. The monoisotopic (exact) mass is 961 g/mol. The molecule has 19 nitrogen and oxygen atoms in total. The number of aliphatic hydroxyl groups is 13. The van der Waals surface area contributed by atoms with E-state index in [0.717, 1.165) is 18.4 Å². The van der Waals surface area contributed by atoms with E-state index in [1.807, 2.05) is 13.0 Å². The van der Waals surface area contributed by atoms with Crippen LogP contribution < -0.4 is 0 Å². The summed E-state index contributed by atoms with van der Waals surface area (Å²) in [6.45, 7) is 12.6. The van der Waals surface area contributed by atoms with E-state index < -0.39 is 151 Å². The predicted octanol–water partition coefficient (Wildman–Crippen LogP) is -1.44. The van der Waals surface area contributed by atoms with Crippen molar-refractivity contribution in [2.45, 2.75) is 210 Å². The molecule has 0 amide bonds. The third-order valence-electron chi connectivity index (χ3n) is 19.5. The Morgan fingerprint density at radius 2 is 1.18 bits per heavy atom. The fourth-order valence-corrected chi connectivity index (χ4v) is 15.3. The van der Waals surface area contributed by atoms with Gasteiger partial charge in [-0.2, -0.15) is 0 Å². The molecule has 5 aliphatic carbocycles. The predicted molar refractivity (Wildman–Crippen MR) is 233 cm³/mol. The van der Waals surface area contributed by atoms with Crippen LogP contribution in [0.1, 0.15) is 99.8 Å². The van der Waals surface area contributed by atoms with Crippen LogP contribution in [0.3, 0.4) is 0 Å². The molecule has 3 heterocycles. The molecule has 8 rings (SSSR count). The van der Waals surface area contributed by atoms with Gasteiger partial charge in [0.1, 0.15) is 67.1 Å². The van der Waals surface area contributed by atoms with Gasteiger partial charge in [0.25, 0.3) is 0 Å². The van der Waals surface area contributed by atoms with E-state index >= 15 is 0 Å². The maximum atomic E-state index is 12.6. The van der Waals surface area contributed by atoms with Gasteiger partial charge in [0.05, 0.1) is 50.8 Å². The Balaban J connectivity index is 1.12. The van der Waals surface area contributed by atoms with Crippen molar-refractivity contribution in [1.82, 2.24) is 0 Å². The first-order valence-electron chi connectivity index (χ1n) is 24.5. The lowest BCUT2D eigenvalue weighted by Gasteiger charge is -2.72. The number of fused-ring (bicyclic) bond motifs is 7. The fourth-order valence-electron chi connectivity index (χ4n) is 15.3. The highest BCUT2D eigenvalue weighted by Crippen LogP contribution is 2.76. The van der Waals surface area contributed by atoms with Gasteiger partial charge in [-0.25, -0.2) is 0 Å². The maximum absolute atomic E-state index is 12.6. The number of ether oxygens (including phenoxy) is 6. The number of hydrogen-bond acceptors (Lipinski definition) is 19. The van der Waals surface area contributed by atoms with Gasteiger partial charge < -0.3 is 94.8 Å². The molecule has 26 unspecified atom stereocenters. The largest absolute Gasteiger partial charge is 0.396 e. The molecule has 0 aromatic heterocycles. The van der Waals surface area contributed by atoms with E-state index in [4.69, 9.17) is 28.4 Å². The smallest absolute Gasteiger partial charge is 0.187 e. The number of hydrogen-bond donors (Lipinski definition) is 13. The van der Waals surface area contributed by atoms with Crippen LogP contribution in [0, 0.1) is 50.2 Å². The molecule has 3 saturated heterocycles. The van der Waals surface area contributed by atoms with Crippen molar-refractivity contribution in [2.24, 2.45) is 50.2 Å². The number of allylic oxidation sites excluding steroid dienone is 1. The molecule has 26 atom stereocenters. The van der Waals surface area contributed by atoms with Gasteiger partial charge in [0, 0.05) is 16.7 Å². The second-order valence-corrected chi connectivity index (χ2v) is 23.6.